The number of nitrogens with one attached hydrogen (secondary N) is 2. The highest BCUT2D eigenvalue weighted by atomic mass is 127. The van der Waals surface area contributed by atoms with Crippen LogP contribution >= 0.6 is 24.0 Å². The Balaban J connectivity index is 0.00000220. The van der Waals surface area contributed by atoms with E-state index in [1.54, 1.807) is 0 Å². The predicted molar refractivity (Wildman–Crippen MR) is 98.6 cm³/mol. The minimum absolute atomic E-state index is 0. The zero-order valence-electron chi connectivity index (χ0n) is 13.7. The van der Waals surface area contributed by atoms with Gasteiger partial charge in [-0.1, -0.05) is 13.3 Å². The molecule has 1 aliphatic carbocycles. The first-order valence-electron chi connectivity index (χ1n) is 7.92. The molecular formula is C15H31IN4O. The predicted octanol–water partition coefficient (Wildman–Crippen LogP) is 1.68. The number of hydrogen-bond acceptors (Lipinski definition) is 3. The summed E-state index contributed by atoms with van der Waals surface area (Å²) in [6.45, 7) is 7.00. The molecule has 1 aliphatic heterocycles. The highest BCUT2D eigenvalue weighted by Crippen LogP contribution is 2.42. The zero-order valence-corrected chi connectivity index (χ0v) is 16.0. The summed E-state index contributed by atoms with van der Waals surface area (Å²) >= 11 is 0. The Hall–Kier alpha value is -0.0800. The van der Waals surface area contributed by atoms with Crippen molar-refractivity contribution >= 4 is 29.9 Å². The van der Waals surface area contributed by atoms with E-state index in [4.69, 9.17) is 4.74 Å². The monoisotopic (exact) mass is 410 g/mol. The van der Waals surface area contributed by atoms with E-state index in [1.165, 1.54) is 25.7 Å². The van der Waals surface area contributed by atoms with Crippen molar-refractivity contribution in [2.24, 2.45) is 10.4 Å². The second-order valence-electron chi connectivity index (χ2n) is 6.27. The molecule has 1 saturated heterocycles. The second kappa shape index (κ2) is 9.15. The minimum Gasteiger partial charge on any atom is -0.374 e. The number of likely N-dealkylation sites (N-methyl/N-ethyl adjacent to an activating group) is 1. The molecule has 0 aromatic carbocycles. The molecule has 2 fully saturated rings. The zero-order chi connectivity index (χ0) is 14.4. The largest absolute Gasteiger partial charge is 0.374 e. The summed E-state index contributed by atoms with van der Waals surface area (Å²) in [5.41, 5.74) is 0.513. The Morgan fingerprint density at radius 3 is 2.67 bits per heavy atom. The first kappa shape index (κ1) is 19.0. The molecular weight excluding hydrogens is 379 g/mol. The lowest BCUT2D eigenvalue weighted by atomic mass is 9.67. The average Bonchev–Trinajstić information content (AvgIpc) is 2.41. The van der Waals surface area contributed by atoms with Crippen LogP contribution in [-0.2, 0) is 4.74 Å². The number of nitrogens with zero attached hydrogens (tertiary/aromatic N) is 2. The molecule has 0 aromatic rings. The molecule has 1 unspecified atom stereocenters. The van der Waals surface area contributed by atoms with Crippen LogP contribution in [0.1, 0.15) is 32.6 Å². The Labute approximate surface area is 146 Å². The van der Waals surface area contributed by atoms with Gasteiger partial charge in [0.15, 0.2) is 5.96 Å². The summed E-state index contributed by atoms with van der Waals surface area (Å²) in [6, 6.07) is 0. The fourth-order valence-electron chi connectivity index (χ4n) is 3.02. The fraction of sp³-hybridized carbons (Fsp3) is 0.933. The van der Waals surface area contributed by atoms with Gasteiger partial charge in [-0.05, 0) is 31.7 Å². The van der Waals surface area contributed by atoms with Gasteiger partial charge in [0.1, 0.15) is 0 Å². The van der Waals surface area contributed by atoms with E-state index < -0.39 is 0 Å². The van der Waals surface area contributed by atoms with Crippen molar-refractivity contribution in [1.29, 1.82) is 0 Å². The summed E-state index contributed by atoms with van der Waals surface area (Å²) in [5, 5.41) is 6.88. The van der Waals surface area contributed by atoms with E-state index in [-0.39, 0.29) is 30.1 Å². The summed E-state index contributed by atoms with van der Waals surface area (Å²) in [7, 11) is 3.98. The summed E-state index contributed by atoms with van der Waals surface area (Å²) in [4.78, 5) is 6.62. The molecule has 0 amide bonds. The second-order valence-corrected chi connectivity index (χ2v) is 6.27. The third-order valence-electron chi connectivity index (χ3n) is 4.86. The van der Waals surface area contributed by atoms with Crippen LogP contribution in [0.4, 0.5) is 0 Å². The van der Waals surface area contributed by atoms with Gasteiger partial charge in [0.05, 0.1) is 12.7 Å². The lowest BCUT2D eigenvalue weighted by Crippen LogP contribution is -2.50. The first-order valence-corrected chi connectivity index (χ1v) is 7.92. The van der Waals surface area contributed by atoms with Crippen molar-refractivity contribution in [3.05, 3.63) is 0 Å². The van der Waals surface area contributed by atoms with Crippen LogP contribution in [0.3, 0.4) is 0 Å². The van der Waals surface area contributed by atoms with E-state index in [0.717, 1.165) is 38.7 Å². The SMILES string of the molecule is CCC1(CNC(=NC)NCC2CN(C)CCO2)CCC1.I. The van der Waals surface area contributed by atoms with Crippen molar-refractivity contribution in [2.75, 3.05) is 46.9 Å². The van der Waals surface area contributed by atoms with Gasteiger partial charge in [0, 0.05) is 33.2 Å². The van der Waals surface area contributed by atoms with Crippen molar-refractivity contribution in [3.8, 4) is 0 Å². The van der Waals surface area contributed by atoms with Crippen molar-refractivity contribution in [3.63, 3.8) is 0 Å². The van der Waals surface area contributed by atoms with Gasteiger partial charge in [-0.3, -0.25) is 4.99 Å². The van der Waals surface area contributed by atoms with Gasteiger partial charge < -0.3 is 20.3 Å². The van der Waals surface area contributed by atoms with Gasteiger partial charge in [0.25, 0.3) is 0 Å². The van der Waals surface area contributed by atoms with Gasteiger partial charge in [-0.15, -0.1) is 24.0 Å². The Kier molecular flexibility index (Phi) is 8.26. The van der Waals surface area contributed by atoms with E-state index in [2.05, 4.69) is 34.5 Å². The van der Waals surface area contributed by atoms with Crippen LogP contribution in [0.5, 0.6) is 0 Å². The number of guanidine groups is 1. The normalized spacial score (nSPS) is 25.7. The van der Waals surface area contributed by atoms with Crippen LogP contribution in [0.15, 0.2) is 4.99 Å². The number of halogens is 1. The van der Waals surface area contributed by atoms with Crippen molar-refractivity contribution < 1.29 is 4.74 Å². The van der Waals surface area contributed by atoms with E-state index in [9.17, 15) is 0 Å². The molecule has 21 heavy (non-hydrogen) atoms. The smallest absolute Gasteiger partial charge is 0.191 e. The van der Waals surface area contributed by atoms with Crippen LogP contribution in [0.25, 0.3) is 0 Å². The minimum atomic E-state index is 0. The lowest BCUT2D eigenvalue weighted by molar-refractivity contribution is -0.0161. The highest BCUT2D eigenvalue weighted by molar-refractivity contribution is 14.0. The average molecular weight is 410 g/mol. The number of rotatable bonds is 5. The molecule has 0 spiro atoms. The van der Waals surface area contributed by atoms with E-state index in [1.807, 2.05) is 7.05 Å². The molecule has 124 valence electrons. The van der Waals surface area contributed by atoms with Gasteiger partial charge >= 0.3 is 0 Å². The van der Waals surface area contributed by atoms with Gasteiger partial charge in [0.2, 0.25) is 0 Å². The highest BCUT2D eigenvalue weighted by Gasteiger charge is 2.34. The van der Waals surface area contributed by atoms with E-state index in [0.29, 0.717) is 5.41 Å². The quantitative estimate of drug-likeness (QED) is 0.412. The fourth-order valence-corrected chi connectivity index (χ4v) is 3.02. The number of ether oxygens (including phenoxy) is 1. The molecule has 5 nitrogen and oxygen atoms in total. The topological polar surface area (TPSA) is 48.9 Å². The Bertz CT molecular complexity index is 328. The maximum Gasteiger partial charge on any atom is 0.191 e. The van der Waals surface area contributed by atoms with E-state index >= 15 is 0 Å². The molecule has 0 radical (unpaired) electrons. The Morgan fingerprint density at radius 2 is 2.14 bits per heavy atom. The summed E-state index contributed by atoms with van der Waals surface area (Å²) < 4.78 is 5.76. The third kappa shape index (κ3) is 5.56. The van der Waals surface area contributed by atoms with Crippen LogP contribution in [0, 0.1) is 5.41 Å². The maximum absolute atomic E-state index is 5.76. The molecule has 0 bridgehead atoms. The molecule has 1 heterocycles. The standard InChI is InChI=1S/C15H30N4O.HI/c1-4-15(6-5-7-15)12-18-14(16-2)17-10-13-11-19(3)8-9-20-13;/h13H,4-12H2,1-3H3,(H2,16,17,18);1H. The Morgan fingerprint density at radius 1 is 1.38 bits per heavy atom. The molecule has 6 heteroatoms. The number of aliphatic imine (C=N–C) groups is 1. The van der Waals surface area contributed by atoms with Crippen LogP contribution in [-0.4, -0.2) is 63.8 Å². The molecule has 2 rings (SSSR count). The lowest BCUT2D eigenvalue weighted by Gasteiger charge is -2.41. The molecule has 2 N–H and O–H groups in total. The van der Waals surface area contributed by atoms with Gasteiger partial charge in [-0.25, -0.2) is 0 Å². The molecule has 1 atom stereocenters. The summed E-state index contributed by atoms with van der Waals surface area (Å²) in [5.74, 6) is 0.904. The van der Waals surface area contributed by atoms with Gasteiger partial charge in [-0.2, -0.15) is 0 Å². The third-order valence-corrected chi connectivity index (χ3v) is 4.86. The number of morpholine rings is 1. The number of hydrogen-bond donors (Lipinski definition) is 2. The van der Waals surface area contributed by atoms with Crippen molar-refractivity contribution in [1.82, 2.24) is 15.5 Å². The van der Waals surface area contributed by atoms with Crippen LogP contribution < -0.4 is 10.6 Å². The van der Waals surface area contributed by atoms with Crippen molar-refractivity contribution in [2.45, 2.75) is 38.7 Å². The molecule has 0 aromatic heterocycles. The first-order chi connectivity index (χ1) is 9.67. The maximum atomic E-state index is 5.76. The van der Waals surface area contributed by atoms with Crippen LogP contribution in [0.2, 0.25) is 0 Å². The summed E-state index contributed by atoms with van der Waals surface area (Å²) in [6.07, 6.45) is 5.60. The molecule has 2 aliphatic rings. The molecule has 1 saturated carbocycles.